The van der Waals surface area contributed by atoms with Crippen LogP contribution >= 0.6 is 23.2 Å². The van der Waals surface area contributed by atoms with Gasteiger partial charge in [-0.05, 0) is 24.3 Å². The van der Waals surface area contributed by atoms with E-state index in [0.29, 0.717) is 0 Å². The minimum absolute atomic E-state index is 0.0478. The van der Waals surface area contributed by atoms with Gasteiger partial charge in [0.15, 0.2) is 5.76 Å². The van der Waals surface area contributed by atoms with Crippen molar-refractivity contribution in [2.75, 3.05) is 32.7 Å². The third-order valence-corrected chi connectivity index (χ3v) is 7.11. The molecule has 0 atom stereocenters. The summed E-state index contributed by atoms with van der Waals surface area (Å²) in [6.07, 6.45) is 1.36. The minimum atomic E-state index is -3.88. The molecule has 28 heavy (non-hydrogen) atoms. The third kappa shape index (κ3) is 4.33. The van der Waals surface area contributed by atoms with Gasteiger partial charge in [0.2, 0.25) is 15.9 Å². The van der Waals surface area contributed by atoms with Crippen LogP contribution in [0.25, 0.3) is 0 Å². The highest BCUT2D eigenvalue weighted by Crippen LogP contribution is 2.31. The van der Waals surface area contributed by atoms with Crippen LogP contribution in [-0.2, 0) is 14.8 Å². The van der Waals surface area contributed by atoms with Crippen molar-refractivity contribution in [3.05, 3.63) is 52.4 Å². The van der Waals surface area contributed by atoms with E-state index in [2.05, 4.69) is 5.32 Å². The van der Waals surface area contributed by atoms with Gasteiger partial charge >= 0.3 is 0 Å². The summed E-state index contributed by atoms with van der Waals surface area (Å²) in [5, 5.41) is 2.57. The fourth-order valence-corrected chi connectivity index (χ4v) is 5.31. The Morgan fingerprint density at radius 1 is 1.04 bits per heavy atom. The summed E-state index contributed by atoms with van der Waals surface area (Å²) in [6, 6.07) is 7.55. The van der Waals surface area contributed by atoms with E-state index in [4.69, 9.17) is 27.6 Å². The molecule has 3 rings (SSSR count). The molecular formula is C17H17Cl2N3O5S. The van der Waals surface area contributed by atoms with E-state index in [1.54, 1.807) is 12.1 Å². The number of piperazine rings is 1. The average molecular weight is 446 g/mol. The average Bonchev–Trinajstić information content (AvgIpc) is 3.20. The number of furan rings is 1. The predicted molar refractivity (Wildman–Crippen MR) is 103 cm³/mol. The van der Waals surface area contributed by atoms with Crippen LogP contribution in [-0.4, -0.2) is 62.2 Å². The van der Waals surface area contributed by atoms with Gasteiger partial charge in [-0.15, -0.1) is 0 Å². The molecule has 0 saturated carbocycles. The highest BCUT2D eigenvalue weighted by atomic mass is 35.5. The number of amides is 2. The lowest BCUT2D eigenvalue weighted by molar-refractivity contribution is -0.131. The largest absolute Gasteiger partial charge is 0.459 e. The molecule has 0 unspecified atom stereocenters. The lowest BCUT2D eigenvalue weighted by Gasteiger charge is -2.34. The van der Waals surface area contributed by atoms with Crippen molar-refractivity contribution >= 4 is 45.0 Å². The number of sulfonamides is 1. The molecule has 1 saturated heterocycles. The van der Waals surface area contributed by atoms with Gasteiger partial charge in [0.05, 0.1) is 22.9 Å². The van der Waals surface area contributed by atoms with Crippen LogP contribution in [0.4, 0.5) is 0 Å². The third-order valence-electron chi connectivity index (χ3n) is 4.25. The Kier molecular flexibility index (Phi) is 6.29. The Labute approximate surface area is 172 Å². The molecule has 1 aliphatic rings. The Bertz CT molecular complexity index is 950. The van der Waals surface area contributed by atoms with Gasteiger partial charge in [-0.2, -0.15) is 4.31 Å². The maximum atomic E-state index is 12.8. The molecule has 150 valence electrons. The first-order valence-corrected chi connectivity index (χ1v) is 10.5. The summed E-state index contributed by atoms with van der Waals surface area (Å²) in [5.41, 5.74) is 0. The van der Waals surface area contributed by atoms with Gasteiger partial charge in [0.1, 0.15) is 4.90 Å². The smallest absolute Gasteiger partial charge is 0.287 e. The minimum Gasteiger partial charge on any atom is -0.459 e. The summed E-state index contributed by atoms with van der Waals surface area (Å²) >= 11 is 12.0. The van der Waals surface area contributed by atoms with Crippen molar-refractivity contribution in [3.8, 4) is 0 Å². The van der Waals surface area contributed by atoms with Crippen LogP contribution in [0.3, 0.4) is 0 Å². The second-order valence-electron chi connectivity index (χ2n) is 6.00. The number of carbonyl (C=O) groups excluding carboxylic acids is 2. The summed E-state index contributed by atoms with van der Waals surface area (Å²) in [4.78, 5) is 25.4. The summed E-state index contributed by atoms with van der Waals surface area (Å²) < 4.78 is 31.9. The molecule has 0 radical (unpaired) electrons. The zero-order valence-corrected chi connectivity index (χ0v) is 16.9. The molecule has 1 N–H and O–H groups in total. The van der Waals surface area contributed by atoms with Gasteiger partial charge in [-0.3, -0.25) is 9.59 Å². The van der Waals surface area contributed by atoms with Crippen LogP contribution in [0.15, 0.2) is 45.9 Å². The fourth-order valence-electron chi connectivity index (χ4n) is 2.80. The molecule has 1 aromatic heterocycles. The number of benzene rings is 1. The SMILES string of the molecule is O=C(NCC(=O)N1CCN(S(=O)(=O)c2c(Cl)cccc2Cl)CC1)c1ccco1. The van der Waals surface area contributed by atoms with Crippen LogP contribution in [0.1, 0.15) is 10.6 Å². The van der Waals surface area contributed by atoms with E-state index in [9.17, 15) is 18.0 Å². The normalized spacial score (nSPS) is 15.4. The number of nitrogens with one attached hydrogen (secondary N) is 1. The molecule has 1 aromatic carbocycles. The van der Waals surface area contributed by atoms with E-state index < -0.39 is 15.9 Å². The maximum Gasteiger partial charge on any atom is 0.287 e. The second kappa shape index (κ2) is 8.52. The Hall–Kier alpha value is -2.07. The van der Waals surface area contributed by atoms with Crippen LogP contribution in [0, 0.1) is 0 Å². The highest BCUT2D eigenvalue weighted by molar-refractivity contribution is 7.89. The topological polar surface area (TPSA) is 99.9 Å². The summed E-state index contributed by atoms with van der Waals surface area (Å²) in [5.74, 6) is -0.694. The molecule has 11 heteroatoms. The van der Waals surface area contributed by atoms with Crippen molar-refractivity contribution in [2.45, 2.75) is 4.90 Å². The first kappa shape index (κ1) is 20.7. The van der Waals surface area contributed by atoms with Crippen molar-refractivity contribution in [3.63, 3.8) is 0 Å². The molecule has 1 aliphatic heterocycles. The number of hydrogen-bond donors (Lipinski definition) is 1. The van der Waals surface area contributed by atoms with Crippen LogP contribution in [0.2, 0.25) is 10.0 Å². The maximum absolute atomic E-state index is 12.8. The van der Waals surface area contributed by atoms with Gasteiger partial charge in [-0.1, -0.05) is 29.3 Å². The molecular weight excluding hydrogens is 429 g/mol. The number of carbonyl (C=O) groups is 2. The molecule has 2 aromatic rings. The number of rotatable bonds is 5. The first-order chi connectivity index (χ1) is 13.3. The van der Waals surface area contributed by atoms with E-state index >= 15 is 0 Å². The van der Waals surface area contributed by atoms with E-state index in [-0.39, 0.29) is 59.3 Å². The predicted octanol–water partition coefficient (Wildman–Crippen LogP) is 1.85. The van der Waals surface area contributed by atoms with Crippen molar-refractivity contribution < 1.29 is 22.4 Å². The standard InChI is InChI=1S/C17H17Cl2N3O5S/c18-12-3-1-4-13(19)16(12)28(25,26)22-8-6-21(7-9-22)15(23)11-20-17(24)14-5-2-10-27-14/h1-5,10H,6-9,11H2,(H,20,24). The zero-order chi connectivity index (χ0) is 20.3. The molecule has 0 bridgehead atoms. The first-order valence-electron chi connectivity index (χ1n) is 8.34. The lowest BCUT2D eigenvalue weighted by atomic mass is 10.3. The Morgan fingerprint density at radius 2 is 1.68 bits per heavy atom. The van der Waals surface area contributed by atoms with Gasteiger partial charge in [-0.25, -0.2) is 8.42 Å². The Morgan fingerprint density at radius 3 is 2.25 bits per heavy atom. The quantitative estimate of drug-likeness (QED) is 0.756. The molecule has 2 amide bonds. The lowest BCUT2D eigenvalue weighted by Crippen LogP contribution is -2.52. The molecule has 1 fully saturated rings. The van der Waals surface area contributed by atoms with Gasteiger partial charge in [0, 0.05) is 26.2 Å². The van der Waals surface area contributed by atoms with Crippen molar-refractivity contribution in [1.82, 2.24) is 14.5 Å². The highest BCUT2D eigenvalue weighted by Gasteiger charge is 2.33. The van der Waals surface area contributed by atoms with E-state index in [1.807, 2.05) is 0 Å². The van der Waals surface area contributed by atoms with E-state index in [1.165, 1.54) is 33.7 Å². The number of halogens is 2. The molecule has 8 nitrogen and oxygen atoms in total. The van der Waals surface area contributed by atoms with Gasteiger partial charge in [0.25, 0.3) is 5.91 Å². The molecule has 0 spiro atoms. The summed E-state index contributed by atoms with van der Waals surface area (Å²) in [7, 11) is -3.88. The summed E-state index contributed by atoms with van der Waals surface area (Å²) in [6.45, 7) is 0.375. The van der Waals surface area contributed by atoms with Crippen LogP contribution in [0.5, 0.6) is 0 Å². The Balaban J connectivity index is 1.58. The number of hydrogen-bond acceptors (Lipinski definition) is 5. The van der Waals surface area contributed by atoms with Crippen LogP contribution < -0.4 is 5.32 Å². The second-order valence-corrected chi connectivity index (χ2v) is 8.68. The monoisotopic (exact) mass is 445 g/mol. The molecule has 0 aliphatic carbocycles. The zero-order valence-electron chi connectivity index (χ0n) is 14.6. The molecule has 2 heterocycles. The number of nitrogens with zero attached hydrogens (tertiary/aromatic N) is 2. The fraction of sp³-hybridized carbons (Fsp3) is 0.294. The van der Waals surface area contributed by atoms with Crippen molar-refractivity contribution in [1.29, 1.82) is 0 Å². The van der Waals surface area contributed by atoms with E-state index in [0.717, 1.165) is 0 Å². The van der Waals surface area contributed by atoms with Gasteiger partial charge < -0.3 is 14.6 Å². The van der Waals surface area contributed by atoms with Crippen molar-refractivity contribution in [2.24, 2.45) is 0 Å².